The number of thiophene rings is 1. The first-order chi connectivity index (χ1) is 35.5. The van der Waals surface area contributed by atoms with E-state index in [4.69, 9.17) is 25.2 Å². The maximum absolute atomic E-state index is 14.6. The standard InChI is InChI=1S/C54H70N12O6S/c1-35(2)44-25-45(48(68)26-47(44)67)53(70)65-30-38-4-3-36(23-39(38)31-65)29-60-11-7-41(8-12-60)64-13-14-66(42(33-64)32-62-15-19-71-20-16-62)52(69)37-5-9-61(10-6-37)34-43-24-46-49(73-43)51(63-17-21-72-22-18-63)59-50(58-46)40-27-56-54(55)57-28-40/h3-4,23-28,35,37,41-42,67-68H,5-22,29-34H2,1-2H3,(H2,55,56,57)/t42-/m1/s1. The van der Waals surface area contributed by atoms with Crippen LogP contribution < -0.4 is 10.6 Å². The van der Waals surface area contributed by atoms with E-state index in [1.807, 2.05) is 13.8 Å². The molecular weight excluding hydrogens is 945 g/mol. The third-order valence-electron chi connectivity index (χ3n) is 16.1. The second-order valence-electron chi connectivity index (χ2n) is 21.2. The molecule has 73 heavy (non-hydrogen) atoms. The molecule has 6 aliphatic heterocycles. The third kappa shape index (κ3) is 11.0. The van der Waals surface area contributed by atoms with Crippen molar-refractivity contribution < 1.29 is 29.3 Å². The largest absolute Gasteiger partial charge is 0.508 e. The van der Waals surface area contributed by atoms with Crippen LogP contribution >= 0.6 is 11.3 Å². The van der Waals surface area contributed by atoms with E-state index in [2.05, 4.69) is 63.6 Å². The molecule has 5 saturated heterocycles. The van der Waals surface area contributed by atoms with Crippen molar-refractivity contribution in [1.29, 1.82) is 0 Å². The zero-order valence-electron chi connectivity index (χ0n) is 42.3. The molecule has 11 rings (SSSR count). The van der Waals surface area contributed by atoms with E-state index < -0.39 is 0 Å². The summed E-state index contributed by atoms with van der Waals surface area (Å²) in [5.41, 5.74) is 11.8. The van der Waals surface area contributed by atoms with Crippen LogP contribution in [-0.4, -0.2) is 188 Å². The molecule has 388 valence electrons. The fourth-order valence-corrected chi connectivity index (χ4v) is 13.1. The molecule has 4 N–H and O–H groups in total. The minimum atomic E-state index is -0.227. The molecule has 5 aromatic rings. The quantitative estimate of drug-likeness (QED) is 0.151. The highest BCUT2D eigenvalue weighted by molar-refractivity contribution is 7.19. The highest BCUT2D eigenvalue weighted by Gasteiger charge is 2.39. The molecule has 6 aliphatic rings. The summed E-state index contributed by atoms with van der Waals surface area (Å²) >= 11 is 1.76. The minimum Gasteiger partial charge on any atom is -0.508 e. The average Bonchev–Trinajstić information content (AvgIpc) is 4.03. The van der Waals surface area contributed by atoms with Gasteiger partial charge < -0.3 is 40.1 Å². The molecule has 0 aliphatic carbocycles. The number of nitrogens with two attached hydrogens (primary N) is 1. The van der Waals surface area contributed by atoms with Gasteiger partial charge >= 0.3 is 0 Å². The van der Waals surface area contributed by atoms with Gasteiger partial charge in [0.1, 0.15) is 11.5 Å². The first kappa shape index (κ1) is 49.7. The normalized spacial score (nSPS) is 21.4. The number of nitrogen functional groups attached to an aromatic ring is 1. The number of phenols is 2. The summed E-state index contributed by atoms with van der Waals surface area (Å²) in [6.45, 7) is 20.0. The number of fused-ring (bicyclic) bond motifs is 2. The maximum Gasteiger partial charge on any atom is 0.258 e. The van der Waals surface area contributed by atoms with Gasteiger partial charge in [-0.2, -0.15) is 0 Å². The average molecular weight is 1020 g/mol. The van der Waals surface area contributed by atoms with Crippen LogP contribution in [0.15, 0.2) is 48.8 Å². The van der Waals surface area contributed by atoms with Gasteiger partial charge in [0.2, 0.25) is 11.9 Å². The molecule has 9 heterocycles. The number of likely N-dealkylation sites (tertiary alicyclic amines) is 2. The first-order valence-corrected chi connectivity index (χ1v) is 27.3. The Hall–Kier alpha value is -5.54. The van der Waals surface area contributed by atoms with E-state index in [0.717, 1.165) is 163 Å². The predicted molar refractivity (Wildman–Crippen MR) is 280 cm³/mol. The number of rotatable bonds is 12. The summed E-state index contributed by atoms with van der Waals surface area (Å²) in [5, 5.41) is 20.9. The molecule has 0 saturated carbocycles. The molecule has 2 amide bonds. The van der Waals surface area contributed by atoms with Gasteiger partial charge in [-0.15, -0.1) is 11.3 Å². The van der Waals surface area contributed by atoms with Gasteiger partial charge in [-0.1, -0.05) is 32.0 Å². The highest BCUT2D eigenvalue weighted by Crippen LogP contribution is 2.38. The number of piperazine rings is 1. The van der Waals surface area contributed by atoms with Crippen molar-refractivity contribution >= 4 is 45.1 Å². The zero-order chi connectivity index (χ0) is 50.2. The minimum absolute atomic E-state index is 0.00716. The number of hydrogen-bond acceptors (Lipinski definition) is 17. The lowest BCUT2D eigenvalue weighted by Gasteiger charge is -2.48. The number of ether oxygens (including phenoxy) is 2. The van der Waals surface area contributed by atoms with Crippen LogP contribution in [0.1, 0.15) is 82.9 Å². The first-order valence-electron chi connectivity index (χ1n) is 26.5. The van der Waals surface area contributed by atoms with Gasteiger partial charge in [-0.3, -0.25) is 29.2 Å². The van der Waals surface area contributed by atoms with Crippen molar-refractivity contribution in [2.45, 2.75) is 83.7 Å². The number of piperidine rings is 2. The number of aromatic nitrogens is 4. The van der Waals surface area contributed by atoms with E-state index in [9.17, 15) is 19.8 Å². The van der Waals surface area contributed by atoms with Gasteiger partial charge in [0, 0.05) is 114 Å². The van der Waals surface area contributed by atoms with E-state index in [-0.39, 0.29) is 46.8 Å². The number of morpholine rings is 2. The molecule has 18 nitrogen and oxygen atoms in total. The molecular formula is C54H70N12O6S. The lowest BCUT2D eigenvalue weighted by molar-refractivity contribution is -0.144. The molecule has 0 unspecified atom stereocenters. The molecule has 5 fully saturated rings. The Balaban J connectivity index is 0.688. The van der Waals surface area contributed by atoms with Crippen molar-refractivity contribution in [3.63, 3.8) is 0 Å². The van der Waals surface area contributed by atoms with Crippen LogP contribution in [0.25, 0.3) is 21.6 Å². The number of benzene rings is 2. The molecule has 2 aromatic carbocycles. The number of carbonyl (C=O) groups is 2. The van der Waals surface area contributed by atoms with E-state index in [0.29, 0.717) is 49.6 Å². The molecule has 0 bridgehead atoms. The molecule has 19 heteroatoms. The Morgan fingerprint density at radius 2 is 1.47 bits per heavy atom. The van der Waals surface area contributed by atoms with E-state index in [1.54, 1.807) is 34.7 Å². The summed E-state index contributed by atoms with van der Waals surface area (Å²) in [6.07, 6.45) is 7.26. The number of phenolic OH excluding ortho intramolecular Hbond substituents is 2. The van der Waals surface area contributed by atoms with E-state index >= 15 is 0 Å². The Kier molecular flexibility index (Phi) is 14.8. The number of amides is 2. The number of nitrogens with zero attached hydrogens (tertiary/aromatic N) is 11. The number of aromatic hydroxyl groups is 2. The van der Waals surface area contributed by atoms with Gasteiger partial charge in [0.25, 0.3) is 5.91 Å². The van der Waals surface area contributed by atoms with Crippen molar-refractivity contribution in [2.24, 2.45) is 5.92 Å². The predicted octanol–water partition coefficient (Wildman–Crippen LogP) is 4.98. The van der Waals surface area contributed by atoms with Gasteiger partial charge in [0.15, 0.2) is 11.6 Å². The molecule has 0 spiro atoms. The van der Waals surface area contributed by atoms with Gasteiger partial charge in [-0.05, 0) is 92.2 Å². The summed E-state index contributed by atoms with van der Waals surface area (Å²) < 4.78 is 12.5. The summed E-state index contributed by atoms with van der Waals surface area (Å²) in [5.74, 6) is 1.69. The summed E-state index contributed by atoms with van der Waals surface area (Å²) in [7, 11) is 0. The maximum atomic E-state index is 14.6. The van der Waals surface area contributed by atoms with Crippen LogP contribution in [0.4, 0.5) is 11.8 Å². The Bertz CT molecular complexity index is 2770. The van der Waals surface area contributed by atoms with E-state index in [1.165, 1.54) is 16.5 Å². The van der Waals surface area contributed by atoms with Crippen molar-refractivity contribution in [2.75, 3.05) is 116 Å². The number of hydrogen-bond donors (Lipinski definition) is 3. The SMILES string of the molecule is CC(C)c1cc(C(=O)N2Cc3ccc(CN4CCC(N5CCN(C(=O)C6CCN(Cc7cc8nc(-c9cnc(N)nc9)nc(N9CCOCC9)c8s7)CC6)[C@H](CN6CCOCC6)C5)CC4)cc3C2)c(O)cc1O. The topological polar surface area (TPSA) is 193 Å². The molecule has 1 atom stereocenters. The summed E-state index contributed by atoms with van der Waals surface area (Å²) in [4.78, 5) is 64.5. The Morgan fingerprint density at radius 1 is 0.767 bits per heavy atom. The van der Waals surface area contributed by atoms with Crippen molar-refractivity contribution in [3.8, 4) is 22.9 Å². The van der Waals surface area contributed by atoms with Crippen LogP contribution in [0.3, 0.4) is 0 Å². The second-order valence-corrected chi connectivity index (χ2v) is 22.4. The fourth-order valence-electron chi connectivity index (χ4n) is 11.9. The van der Waals surface area contributed by atoms with Crippen molar-refractivity contribution in [3.05, 3.63) is 81.5 Å². The van der Waals surface area contributed by atoms with Crippen LogP contribution in [0.2, 0.25) is 0 Å². The van der Waals surface area contributed by atoms with Crippen LogP contribution in [0.5, 0.6) is 11.5 Å². The zero-order valence-corrected chi connectivity index (χ0v) is 43.1. The molecule has 3 aromatic heterocycles. The smallest absolute Gasteiger partial charge is 0.258 e. The fraction of sp³-hybridized carbons (Fsp3) is 0.556. The number of anilines is 2. The summed E-state index contributed by atoms with van der Waals surface area (Å²) in [6, 6.07) is 12.4. The van der Waals surface area contributed by atoms with Crippen molar-refractivity contribution in [1.82, 2.24) is 49.3 Å². The highest BCUT2D eigenvalue weighted by atomic mass is 32.1. The third-order valence-corrected chi connectivity index (χ3v) is 17.2. The lowest BCUT2D eigenvalue weighted by Crippen LogP contribution is -2.63. The second kappa shape index (κ2) is 21.7. The lowest BCUT2D eigenvalue weighted by atomic mass is 9.93. The molecule has 0 radical (unpaired) electrons. The van der Waals surface area contributed by atoms with Crippen LogP contribution in [-0.2, 0) is 40.4 Å². The Morgan fingerprint density at radius 3 is 2.21 bits per heavy atom. The Labute approximate surface area is 431 Å². The van der Waals surface area contributed by atoms with Crippen LogP contribution in [0, 0.1) is 5.92 Å². The van der Waals surface area contributed by atoms with Gasteiger partial charge in [-0.25, -0.2) is 19.9 Å². The monoisotopic (exact) mass is 1010 g/mol. The number of carbonyl (C=O) groups excluding carboxylic acids is 2. The van der Waals surface area contributed by atoms with Gasteiger partial charge in [0.05, 0.1) is 53.8 Å².